The van der Waals surface area contributed by atoms with Crippen molar-refractivity contribution in [2.24, 2.45) is 5.92 Å². The van der Waals surface area contributed by atoms with Crippen LogP contribution in [0.1, 0.15) is 6.42 Å². The second-order valence-electron chi connectivity index (χ2n) is 2.32. The summed E-state index contributed by atoms with van der Waals surface area (Å²) in [6.45, 7) is 2.95. The predicted molar refractivity (Wildman–Crippen MR) is 42.4 cm³/mol. The molecule has 0 aromatic carbocycles. The highest BCUT2D eigenvalue weighted by Gasteiger charge is 2.29. The lowest BCUT2D eigenvalue weighted by atomic mass is 10.1. The van der Waals surface area contributed by atoms with Crippen molar-refractivity contribution in [1.29, 1.82) is 0 Å². The topological polar surface area (TPSA) is 52.6 Å². The number of carbonyl (C=O) groups excluding carboxylic acids is 2. The molecule has 0 N–H and O–H groups in total. The van der Waals surface area contributed by atoms with Crippen LogP contribution >= 0.6 is 0 Å². The average molecular weight is 190 g/mol. The van der Waals surface area contributed by atoms with Crippen LogP contribution in [0.4, 0.5) is 4.39 Å². The summed E-state index contributed by atoms with van der Waals surface area (Å²) in [4.78, 5) is 21.8. The Labute approximate surface area is 75.3 Å². The molecule has 0 bridgehead atoms. The number of hydrogen-bond acceptors (Lipinski definition) is 4. The van der Waals surface area contributed by atoms with Gasteiger partial charge < -0.3 is 9.47 Å². The van der Waals surface area contributed by atoms with Gasteiger partial charge in [0.1, 0.15) is 0 Å². The van der Waals surface area contributed by atoms with Gasteiger partial charge in [-0.25, -0.2) is 4.39 Å². The largest absolute Gasteiger partial charge is 0.468 e. The maximum absolute atomic E-state index is 12.3. The molecule has 0 aliphatic carbocycles. The van der Waals surface area contributed by atoms with E-state index in [9.17, 15) is 14.0 Å². The quantitative estimate of drug-likeness (QED) is 0.486. The molecule has 0 spiro atoms. The maximum Gasteiger partial charge on any atom is 0.320 e. The highest BCUT2D eigenvalue weighted by molar-refractivity contribution is 5.95. The van der Waals surface area contributed by atoms with E-state index in [0.29, 0.717) is 0 Å². The highest BCUT2D eigenvalue weighted by Crippen LogP contribution is 2.14. The van der Waals surface area contributed by atoms with Crippen LogP contribution in [0.3, 0.4) is 0 Å². The van der Waals surface area contributed by atoms with E-state index in [0.717, 1.165) is 14.2 Å². The standard InChI is InChI=1S/C8H11FO4/c1-5(9)4-6(7(10)12-2)8(11)13-3/h6H,1,4H2,2-3H3. The normalized spacial score (nSPS) is 9.54. The van der Waals surface area contributed by atoms with E-state index in [-0.39, 0.29) is 0 Å². The molecule has 74 valence electrons. The van der Waals surface area contributed by atoms with Crippen LogP contribution in [-0.2, 0) is 19.1 Å². The van der Waals surface area contributed by atoms with E-state index >= 15 is 0 Å². The number of halogens is 1. The molecule has 0 fully saturated rings. The second kappa shape index (κ2) is 5.29. The number of rotatable bonds is 4. The molecule has 0 unspecified atom stereocenters. The van der Waals surface area contributed by atoms with Gasteiger partial charge in [0.05, 0.1) is 20.0 Å². The van der Waals surface area contributed by atoms with Gasteiger partial charge in [-0.15, -0.1) is 0 Å². The van der Waals surface area contributed by atoms with Gasteiger partial charge in [0.2, 0.25) is 0 Å². The zero-order valence-electron chi connectivity index (χ0n) is 7.50. The Morgan fingerprint density at radius 1 is 1.31 bits per heavy atom. The van der Waals surface area contributed by atoms with E-state index < -0.39 is 30.1 Å². The summed E-state index contributed by atoms with van der Waals surface area (Å²) in [6, 6.07) is 0. The molecule has 0 aromatic heterocycles. The molecule has 4 nitrogen and oxygen atoms in total. The Kier molecular flexibility index (Phi) is 4.72. The second-order valence-corrected chi connectivity index (χ2v) is 2.32. The summed E-state index contributed by atoms with van der Waals surface area (Å²) in [5.41, 5.74) is 0. The fourth-order valence-electron chi connectivity index (χ4n) is 0.769. The Morgan fingerprint density at radius 3 is 1.92 bits per heavy atom. The molecule has 0 aliphatic heterocycles. The van der Waals surface area contributed by atoms with Gasteiger partial charge >= 0.3 is 11.9 Å². The summed E-state index contributed by atoms with van der Waals surface area (Å²) >= 11 is 0. The molecule has 0 heterocycles. The third kappa shape index (κ3) is 3.68. The lowest BCUT2D eigenvalue weighted by Gasteiger charge is -2.10. The molecule has 0 rings (SSSR count). The predicted octanol–water partition coefficient (Wildman–Crippen LogP) is 0.822. The molecule has 0 radical (unpaired) electrons. The van der Waals surface area contributed by atoms with E-state index in [1.165, 1.54) is 0 Å². The molecule has 13 heavy (non-hydrogen) atoms. The van der Waals surface area contributed by atoms with Gasteiger partial charge in [0.25, 0.3) is 0 Å². The van der Waals surface area contributed by atoms with E-state index in [1.54, 1.807) is 0 Å². The molecule has 0 saturated heterocycles. The minimum absolute atomic E-state index is 0.403. The molecular formula is C8H11FO4. The molecule has 5 heteroatoms. The maximum atomic E-state index is 12.3. The Bertz CT molecular complexity index is 208. The van der Waals surface area contributed by atoms with Gasteiger partial charge in [-0.05, 0) is 0 Å². The van der Waals surface area contributed by atoms with Crippen molar-refractivity contribution in [3.8, 4) is 0 Å². The Hall–Kier alpha value is -1.39. The van der Waals surface area contributed by atoms with Gasteiger partial charge in [-0.3, -0.25) is 9.59 Å². The third-order valence-corrected chi connectivity index (χ3v) is 1.40. The molecule has 0 amide bonds. The van der Waals surface area contributed by atoms with Crippen molar-refractivity contribution in [3.63, 3.8) is 0 Å². The lowest BCUT2D eigenvalue weighted by molar-refractivity contribution is -0.158. The fourth-order valence-corrected chi connectivity index (χ4v) is 0.769. The van der Waals surface area contributed by atoms with Gasteiger partial charge in [-0.1, -0.05) is 6.58 Å². The molecular weight excluding hydrogens is 179 g/mol. The van der Waals surface area contributed by atoms with E-state index in [4.69, 9.17) is 0 Å². The molecule has 0 saturated carbocycles. The average Bonchev–Trinajstić information content (AvgIpc) is 2.11. The number of hydrogen-bond donors (Lipinski definition) is 0. The fraction of sp³-hybridized carbons (Fsp3) is 0.500. The summed E-state index contributed by atoms with van der Waals surface area (Å²) in [5.74, 6) is -3.68. The van der Waals surface area contributed by atoms with Crippen LogP contribution in [0, 0.1) is 5.92 Å². The summed E-state index contributed by atoms with van der Waals surface area (Å²) in [5, 5.41) is 0. The van der Waals surface area contributed by atoms with Crippen molar-refractivity contribution >= 4 is 11.9 Å². The molecule has 0 aliphatic rings. The molecule has 0 atom stereocenters. The van der Waals surface area contributed by atoms with Gasteiger partial charge in [-0.2, -0.15) is 0 Å². The molecule has 0 aromatic rings. The smallest absolute Gasteiger partial charge is 0.320 e. The number of esters is 2. The van der Waals surface area contributed by atoms with Crippen molar-refractivity contribution in [1.82, 2.24) is 0 Å². The zero-order valence-corrected chi connectivity index (χ0v) is 7.50. The van der Waals surface area contributed by atoms with Gasteiger partial charge in [0.15, 0.2) is 5.92 Å². The van der Waals surface area contributed by atoms with Crippen molar-refractivity contribution in [2.45, 2.75) is 6.42 Å². The highest BCUT2D eigenvalue weighted by atomic mass is 19.1. The SMILES string of the molecule is C=C(F)CC(C(=O)OC)C(=O)OC. The number of methoxy groups -OCH3 is 2. The van der Waals surface area contributed by atoms with Crippen LogP contribution in [0.5, 0.6) is 0 Å². The summed E-state index contributed by atoms with van der Waals surface area (Å²) < 4.78 is 20.9. The van der Waals surface area contributed by atoms with E-state index in [1.807, 2.05) is 0 Å². The van der Waals surface area contributed by atoms with Crippen LogP contribution in [0.15, 0.2) is 12.4 Å². The van der Waals surface area contributed by atoms with Gasteiger partial charge in [0, 0.05) is 6.42 Å². The van der Waals surface area contributed by atoms with Crippen LogP contribution in [0.2, 0.25) is 0 Å². The van der Waals surface area contributed by atoms with Crippen molar-refractivity contribution in [3.05, 3.63) is 12.4 Å². The first-order valence-corrected chi connectivity index (χ1v) is 3.51. The summed E-state index contributed by atoms with van der Waals surface area (Å²) in [7, 11) is 2.22. The first-order chi connectivity index (χ1) is 6.02. The van der Waals surface area contributed by atoms with Crippen LogP contribution in [0.25, 0.3) is 0 Å². The first kappa shape index (κ1) is 11.6. The number of carbonyl (C=O) groups is 2. The Balaban J connectivity index is 4.45. The van der Waals surface area contributed by atoms with E-state index in [2.05, 4.69) is 16.1 Å². The summed E-state index contributed by atoms with van der Waals surface area (Å²) in [6.07, 6.45) is -0.403. The van der Waals surface area contributed by atoms with Crippen molar-refractivity contribution in [2.75, 3.05) is 14.2 Å². The number of allylic oxidation sites excluding steroid dienone is 1. The third-order valence-electron chi connectivity index (χ3n) is 1.40. The zero-order chi connectivity index (χ0) is 10.4. The van der Waals surface area contributed by atoms with Crippen LogP contribution < -0.4 is 0 Å². The van der Waals surface area contributed by atoms with Crippen molar-refractivity contribution < 1.29 is 23.5 Å². The lowest BCUT2D eigenvalue weighted by Crippen LogP contribution is -2.26. The minimum atomic E-state index is -1.26. The Morgan fingerprint density at radius 2 is 1.69 bits per heavy atom. The van der Waals surface area contributed by atoms with Crippen LogP contribution in [-0.4, -0.2) is 26.2 Å². The number of ether oxygens (including phenoxy) is 2. The first-order valence-electron chi connectivity index (χ1n) is 3.51. The minimum Gasteiger partial charge on any atom is -0.468 e. The monoisotopic (exact) mass is 190 g/mol.